The molecule has 170 valence electrons. The van der Waals surface area contributed by atoms with Crippen LogP contribution in [0.15, 0.2) is 47.6 Å². The number of pyridine rings is 1. The summed E-state index contributed by atoms with van der Waals surface area (Å²) in [5, 5.41) is 0.575. The van der Waals surface area contributed by atoms with Gasteiger partial charge in [0.15, 0.2) is 5.65 Å². The van der Waals surface area contributed by atoms with Crippen LogP contribution >= 0.6 is 11.3 Å². The number of carbonyl (C=O) groups excluding carboxylic acids is 1. The van der Waals surface area contributed by atoms with Crippen LogP contribution < -0.4 is 9.47 Å². The molecule has 2 saturated heterocycles. The summed E-state index contributed by atoms with van der Waals surface area (Å²) in [6, 6.07) is 11.8. The number of nitrogens with zero attached hydrogens (tertiary/aromatic N) is 4. The Labute approximate surface area is 196 Å². The predicted molar refractivity (Wildman–Crippen MR) is 127 cm³/mol. The molecule has 33 heavy (non-hydrogen) atoms. The average molecular weight is 463 g/mol. The molecule has 2 unspecified atom stereocenters. The highest BCUT2D eigenvalue weighted by Gasteiger charge is 2.68. The minimum absolute atomic E-state index is 0.160. The number of rotatable bonds is 7. The third kappa shape index (κ3) is 3.86. The van der Waals surface area contributed by atoms with Crippen LogP contribution in [0.25, 0.3) is 10.3 Å². The van der Waals surface area contributed by atoms with Crippen LogP contribution in [-0.2, 0) is 4.79 Å². The molecule has 3 fully saturated rings. The van der Waals surface area contributed by atoms with Crippen LogP contribution in [0.5, 0.6) is 16.7 Å². The maximum absolute atomic E-state index is 12.0. The summed E-state index contributed by atoms with van der Waals surface area (Å²) in [5.74, 6) is 2.95. The van der Waals surface area contributed by atoms with Crippen LogP contribution in [0.4, 0.5) is 0 Å². The fourth-order valence-corrected chi connectivity index (χ4v) is 6.62. The molecule has 0 N–H and O–H groups in total. The standard InChI is InChI=1S/C25H26N4O3S/c1-16(30)29-19-11-17(13-25(29)14-18(25)12-19)15-26-9-10-31-20-4-6-21(7-5-20)32-24-28-23-22(33-24)3-2-8-27-23/h2-8,15,17-19H,9-14H2,1H3/t17?,18?,19-,25+/m1/s1. The second-order valence-electron chi connectivity index (χ2n) is 9.27. The predicted octanol–water partition coefficient (Wildman–Crippen LogP) is 4.72. The molecule has 3 aromatic rings. The largest absolute Gasteiger partial charge is 0.492 e. The fourth-order valence-electron chi connectivity index (χ4n) is 5.82. The van der Waals surface area contributed by atoms with Gasteiger partial charge in [-0.25, -0.2) is 4.98 Å². The molecule has 1 amide bonds. The molecule has 3 aliphatic rings. The first kappa shape index (κ1) is 20.6. The number of aromatic nitrogens is 2. The van der Waals surface area contributed by atoms with E-state index in [9.17, 15) is 4.79 Å². The molecule has 2 bridgehead atoms. The topological polar surface area (TPSA) is 76.9 Å². The van der Waals surface area contributed by atoms with Gasteiger partial charge in [0, 0.05) is 30.9 Å². The van der Waals surface area contributed by atoms with E-state index in [4.69, 9.17) is 9.47 Å². The molecule has 8 heteroatoms. The quantitative estimate of drug-likeness (QED) is 0.375. The number of fused-ring (bicyclic) bond motifs is 2. The highest BCUT2D eigenvalue weighted by molar-refractivity contribution is 7.20. The number of hydrogen-bond acceptors (Lipinski definition) is 7. The molecule has 2 aliphatic heterocycles. The highest BCUT2D eigenvalue weighted by atomic mass is 32.1. The lowest BCUT2D eigenvalue weighted by molar-refractivity contribution is -0.135. The summed E-state index contributed by atoms with van der Waals surface area (Å²) in [6.07, 6.45) is 8.33. The van der Waals surface area contributed by atoms with Crippen molar-refractivity contribution in [3.05, 3.63) is 42.6 Å². The zero-order chi connectivity index (χ0) is 22.4. The maximum Gasteiger partial charge on any atom is 0.281 e. The lowest BCUT2D eigenvalue weighted by atomic mass is 9.88. The molecular formula is C25H26N4O3S. The Morgan fingerprint density at radius 1 is 1.24 bits per heavy atom. The van der Waals surface area contributed by atoms with Gasteiger partial charge in [-0.3, -0.25) is 9.79 Å². The normalized spacial score (nSPS) is 27.7. The van der Waals surface area contributed by atoms with E-state index in [1.165, 1.54) is 24.2 Å². The summed E-state index contributed by atoms with van der Waals surface area (Å²) in [7, 11) is 0. The van der Waals surface area contributed by atoms with E-state index < -0.39 is 0 Å². The molecule has 6 rings (SSSR count). The van der Waals surface area contributed by atoms with Gasteiger partial charge in [0.1, 0.15) is 18.1 Å². The number of piperidine rings is 2. The molecule has 4 heterocycles. The van der Waals surface area contributed by atoms with Gasteiger partial charge in [-0.05, 0) is 73.9 Å². The average Bonchev–Trinajstić information content (AvgIpc) is 3.19. The van der Waals surface area contributed by atoms with Gasteiger partial charge in [-0.1, -0.05) is 11.3 Å². The number of thiazole rings is 1. The first-order valence-corrected chi connectivity index (χ1v) is 12.3. The van der Waals surface area contributed by atoms with Crippen molar-refractivity contribution in [2.24, 2.45) is 16.8 Å². The van der Waals surface area contributed by atoms with E-state index in [1.54, 1.807) is 13.1 Å². The smallest absolute Gasteiger partial charge is 0.281 e. The van der Waals surface area contributed by atoms with E-state index in [0.29, 0.717) is 41.7 Å². The van der Waals surface area contributed by atoms with Crippen LogP contribution in [0.2, 0.25) is 0 Å². The van der Waals surface area contributed by atoms with Gasteiger partial charge < -0.3 is 14.4 Å². The molecule has 7 nitrogen and oxygen atoms in total. The minimum Gasteiger partial charge on any atom is -0.492 e. The van der Waals surface area contributed by atoms with Gasteiger partial charge in [0.25, 0.3) is 5.19 Å². The van der Waals surface area contributed by atoms with Crippen molar-refractivity contribution >= 4 is 33.8 Å². The number of carbonyl (C=O) groups is 1. The van der Waals surface area contributed by atoms with Crippen molar-refractivity contribution in [1.82, 2.24) is 14.9 Å². The zero-order valence-corrected chi connectivity index (χ0v) is 19.3. The molecule has 1 saturated carbocycles. The van der Waals surface area contributed by atoms with Crippen molar-refractivity contribution in [2.45, 2.75) is 44.2 Å². The summed E-state index contributed by atoms with van der Waals surface area (Å²) < 4.78 is 12.7. The monoisotopic (exact) mass is 462 g/mol. The third-order valence-electron chi connectivity index (χ3n) is 7.11. The minimum atomic E-state index is 0.160. The number of amides is 1. The number of aliphatic imine (C=N–C) groups is 1. The Hall–Kier alpha value is -3.00. The van der Waals surface area contributed by atoms with Crippen LogP contribution in [0.3, 0.4) is 0 Å². The first-order valence-electron chi connectivity index (χ1n) is 11.5. The SMILES string of the molecule is CC(=O)N1[C@@H]2CC(C=NCCOc3ccc(Oc4nc5ncccc5s4)cc3)C[C@@]13CC3C2. The molecule has 4 atom stereocenters. The second kappa shape index (κ2) is 8.09. The lowest BCUT2D eigenvalue weighted by Gasteiger charge is -2.41. The van der Waals surface area contributed by atoms with Gasteiger partial charge >= 0.3 is 0 Å². The van der Waals surface area contributed by atoms with Crippen LogP contribution in [-0.4, -0.2) is 51.7 Å². The van der Waals surface area contributed by atoms with E-state index in [2.05, 4.69) is 26.1 Å². The van der Waals surface area contributed by atoms with Crippen molar-refractivity contribution in [3.63, 3.8) is 0 Å². The van der Waals surface area contributed by atoms with Crippen LogP contribution in [0, 0.1) is 11.8 Å². The molecular weight excluding hydrogens is 436 g/mol. The number of ether oxygens (including phenoxy) is 2. The summed E-state index contributed by atoms with van der Waals surface area (Å²) in [6.45, 7) is 2.88. The summed E-state index contributed by atoms with van der Waals surface area (Å²) in [4.78, 5) is 27.5. The molecule has 2 aromatic heterocycles. The van der Waals surface area contributed by atoms with Crippen molar-refractivity contribution in [3.8, 4) is 16.7 Å². The Kier molecular flexibility index (Phi) is 5.05. The third-order valence-corrected chi connectivity index (χ3v) is 8.00. The number of benzene rings is 1. The van der Waals surface area contributed by atoms with Gasteiger partial charge in [-0.2, -0.15) is 4.98 Å². The Bertz CT molecular complexity index is 1180. The van der Waals surface area contributed by atoms with Crippen molar-refractivity contribution in [1.29, 1.82) is 0 Å². The van der Waals surface area contributed by atoms with Gasteiger partial charge in [0.05, 0.1) is 11.2 Å². The van der Waals surface area contributed by atoms with Crippen molar-refractivity contribution < 1.29 is 14.3 Å². The maximum atomic E-state index is 12.0. The highest BCUT2D eigenvalue weighted by Crippen LogP contribution is 2.64. The summed E-state index contributed by atoms with van der Waals surface area (Å²) >= 11 is 1.47. The van der Waals surface area contributed by atoms with Crippen LogP contribution in [0.1, 0.15) is 32.6 Å². The fraction of sp³-hybridized carbons (Fsp3) is 0.440. The second-order valence-corrected chi connectivity index (χ2v) is 10.3. The van der Waals surface area contributed by atoms with E-state index in [0.717, 1.165) is 29.2 Å². The Balaban J connectivity index is 0.971. The molecule has 1 aliphatic carbocycles. The van der Waals surface area contributed by atoms with Gasteiger partial charge in [0.2, 0.25) is 5.91 Å². The Morgan fingerprint density at radius 3 is 2.88 bits per heavy atom. The molecule has 0 radical (unpaired) electrons. The zero-order valence-electron chi connectivity index (χ0n) is 18.5. The van der Waals surface area contributed by atoms with E-state index in [1.807, 2.05) is 36.4 Å². The van der Waals surface area contributed by atoms with Gasteiger partial charge in [-0.15, -0.1) is 0 Å². The molecule has 1 spiro atoms. The Morgan fingerprint density at radius 2 is 2.09 bits per heavy atom. The van der Waals surface area contributed by atoms with E-state index in [-0.39, 0.29) is 11.4 Å². The van der Waals surface area contributed by atoms with E-state index >= 15 is 0 Å². The lowest BCUT2D eigenvalue weighted by Crippen LogP contribution is -2.49. The number of hydrogen-bond donors (Lipinski definition) is 0. The van der Waals surface area contributed by atoms with Crippen molar-refractivity contribution in [2.75, 3.05) is 13.2 Å². The molecule has 1 aromatic carbocycles. The summed E-state index contributed by atoms with van der Waals surface area (Å²) in [5.41, 5.74) is 0.861. The first-order chi connectivity index (χ1) is 16.1.